The summed E-state index contributed by atoms with van der Waals surface area (Å²) in [7, 11) is 0. The Morgan fingerprint density at radius 3 is 2.74 bits per heavy atom. The molecule has 1 aliphatic carbocycles. The molecule has 3 rings (SSSR count). The summed E-state index contributed by atoms with van der Waals surface area (Å²) in [6, 6.07) is 6.47. The first-order valence-electron chi connectivity index (χ1n) is 6.98. The van der Waals surface area contributed by atoms with E-state index in [2.05, 4.69) is 5.32 Å². The van der Waals surface area contributed by atoms with Crippen LogP contribution in [0.25, 0.3) is 0 Å². The van der Waals surface area contributed by atoms with Gasteiger partial charge in [0.1, 0.15) is 12.0 Å². The lowest BCUT2D eigenvalue weighted by molar-refractivity contribution is -0.130. The summed E-state index contributed by atoms with van der Waals surface area (Å²) in [5.41, 5.74) is 0.569. The Bertz CT molecular complexity index is 487. The van der Waals surface area contributed by atoms with Gasteiger partial charge in [-0.1, -0.05) is 24.6 Å². The number of hydrogen-bond donors (Lipinski definition) is 1. The largest absolute Gasteiger partial charge is 0.321 e. The molecular weight excluding hydrogens is 243 g/mol. The lowest BCUT2D eigenvalue weighted by Gasteiger charge is -2.33. The highest BCUT2D eigenvalue weighted by atomic mass is 19.1. The van der Waals surface area contributed by atoms with Crippen molar-refractivity contribution in [2.75, 3.05) is 6.54 Å². The van der Waals surface area contributed by atoms with E-state index in [1.54, 1.807) is 12.1 Å². The van der Waals surface area contributed by atoms with Gasteiger partial charge in [0.25, 0.3) is 0 Å². The summed E-state index contributed by atoms with van der Waals surface area (Å²) in [5, 5.41) is 3.20. The average Bonchev–Trinajstić information content (AvgIpc) is 2.62. The average molecular weight is 262 g/mol. The van der Waals surface area contributed by atoms with Crippen molar-refractivity contribution in [3.05, 3.63) is 35.6 Å². The van der Waals surface area contributed by atoms with Gasteiger partial charge in [0, 0.05) is 12.1 Å². The Morgan fingerprint density at radius 2 is 2.11 bits per heavy atom. The van der Waals surface area contributed by atoms with Crippen molar-refractivity contribution >= 4 is 5.91 Å². The Hall–Kier alpha value is -1.42. The lowest BCUT2D eigenvalue weighted by Crippen LogP contribution is -2.37. The van der Waals surface area contributed by atoms with Gasteiger partial charge < -0.3 is 4.90 Å². The number of nitrogens with one attached hydrogen (secondary N) is 1. The molecule has 4 heteroatoms. The van der Waals surface area contributed by atoms with E-state index in [9.17, 15) is 9.18 Å². The molecule has 1 saturated carbocycles. The van der Waals surface area contributed by atoms with E-state index in [1.807, 2.05) is 17.9 Å². The zero-order chi connectivity index (χ0) is 13.4. The third-order valence-electron chi connectivity index (χ3n) is 4.25. The maximum absolute atomic E-state index is 13.9. The smallest absolute Gasteiger partial charge is 0.241 e. The van der Waals surface area contributed by atoms with Crippen LogP contribution in [-0.2, 0) is 4.79 Å². The maximum atomic E-state index is 13.9. The summed E-state index contributed by atoms with van der Waals surface area (Å²) in [4.78, 5) is 14.0. The van der Waals surface area contributed by atoms with Crippen molar-refractivity contribution in [1.29, 1.82) is 0 Å². The number of amides is 1. The summed E-state index contributed by atoms with van der Waals surface area (Å²) in [6.45, 7) is 2.59. The van der Waals surface area contributed by atoms with E-state index in [0.29, 0.717) is 11.5 Å². The predicted molar refractivity (Wildman–Crippen MR) is 70.8 cm³/mol. The maximum Gasteiger partial charge on any atom is 0.241 e. The number of nitrogens with zero attached hydrogens (tertiary/aromatic N) is 1. The van der Waals surface area contributed by atoms with Crippen molar-refractivity contribution in [3.8, 4) is 0 Å². The predicted octanol–water partition coefficient (Wildman–Crippen LogP) is 2.44. The molecule has 0 spiro atoms. The Labute approximate surface area is 112 Å². The van der Waals surface area contributed by atoms with E-state index >= 15 is 0 Å². The van der Waals surface area contributed by atoms with Gasteiger partial charge in [-0.3, -0.25) is 10.1 Å². The fourth-order valence-corrected chi connectivity index (χ4v) is 2.88. The minimum absolute atomic E-state index is 0.0835. The van der Waals surface area contributed by atoms with Gasteiger partial charge in [-0.25, -0.2) is 4.39 Å². The summed E-state index contributed by atoms with van der Waals surface area (Å²) >= 11 is 0. The molecule has 0 aromatic heterocycles. The highest BCUT2D eigenvalue weighted by molar-refractivity contribution is 5.84. The third kappa shape index (κ3) is 2.25. The normalized spacial score (nSPS) is 27.7. The lowest BCUT2D eigenvalue weighted by atomic mass is 9.85. The van der Waals surface area contributed by atoms with Crippen LogP contribution in [0.5, 0.6) is 0 Å². The van der Waals surface area contributed by atoms with Gasteiger partial charge in [0.05, 0.1) is 6.04 Å². The van der Waals surface area contributed by atoms with Crippen molar-refractivity contribution in [1.82, 2.24) is 10.2 Å². The molecule has 0 radical (unpaired) electrons. The van der Waals surface area contributed by atoms with Crippen LogP contribution in [0.4, 0.5) is 4.39 Å². The fraction of sp³-hybridized carbons (Fsp3) is 0.533. The molecule has 1 aromatic rings. The molecule has 1 aliphatic heterocycles. The molecular formula is C15H19FN2O. The third-order valence-corrected chi connectivity index (χ3v) is 4.25. The number of rotatable bonds is 3. The van der Waals surface area contributed by atoms with Crippen molar-refractivity contribution in [2.24, 2.45) is 5.92 Å². The van der Waals surface area contributed by atoms with Gasteiger partial charge in [-0.05, 0) is 31.7 Å². The van der Waals surface area contributed by atoms with Crippen LogP contribution in [-0.4, -0.2) is 23.4 Å². The monoisotopic (exact) mass is 262 g/mol. The van der Waals surface area contributed by atoms with E-state index in [0.717, 1.165) is 6.54 Å². The van der Waals surface area contributed by atoms with E-state index in [4.69, 9.17) is 0 Å². The van der Waals surface area contributed by atoms with Gasteiger partial charge in [-0.2, -0.15) is 0 Å². The second-order valence-electron chi connectivity index (χ2n) is 5.60. The van der Waals surface area contributed by atoms with Crippen LogP contribution < -0.4 is 5.32 Å². The van der Waals surface area contributed by atoms with Crippen molar-refractivity contribution in [3.63, 3.8) is 0 Å². The minimum Gasteiger partial charge on any atom is -0.321 e. The summed E-state index contributed by atoms with van der Waals surface area (Å²) in [5.74, 6) is 0.422. The van der Waals surface area contributed by atoms with Crippen molar-refractivity contribution in [2.45, 2.75) is 38.4 Å². The van der Waals surface area contributed by atoms with Crippen LogP contribution in [0.2, 0.25) is 0 Å². The number of benzene rings is 1. The number of carbonyl (C=O) groups excluding carboxylic acids is 1. The number of hydrogen-bond acceptors (Lipinski definition) is 2. The molecule has 0 bridgehead atoms. The second-order valence-corrected chi connectivity index (χ2v) is 5.60. The van der Waals surface area contributed by atoms with Gasteiger partial charge in [0.15, 0.2) is 0 Å². The molecule has 2 fully saturated rings. The molecule has 2 atom stereocenters. The molecule has 2 unspecified atom stereocenters. The van der Waals surface area contributed by atoms with E-state index in [-0.39, 0.29) is 23.9 Å². The van der Waals surface area contributed by atoms with E-state index in [1.165, 1.54) is 25.3 Å². The SMILES string of the molecule is CC1NC(c2ccccc2F)N(CC2CCC2)C1=O. The molecule has 1 N–H and O–H groups in total. The van der Waals surface area contributed by atoms with Crippen LogP contribution in [0.15, 0.2) is 24.3 Å². The van der Waals surface area contributed by atoms with Crippen LogP contribution in [0.3, 0.4) is 0 Å². The van der Waals surface area contributed by atoms with Gasteiger partial charge >= 0.3 is 0 Å². The minimum atomic E-state index is -0.315. The van der Waals surface area contributed by atoms with E-state index < -0.39 is 0 Å². The molecule has 1 heterocycles. The van der Waals surface area contributed by atoms with Crippen LogP contribution >= 0.6 is 0 Å². The fourth-order valence-electron chi connectivity index (χ4n) is 2.88. The quantitative estimate of drug-likeness (QED) is 0.907. The Kier molecular flexibility index (Phi) is 3.27. The summed E-state index contributed by atoms with van der Waals surface area (Å²) < 4.78 is 13.9. The highest BCUT2D eigenvalue weighted by Crippen LogP contribution is 2.33. The highest BCUT2D eigenvalue weighted by Gasteiger charge is 2.39. The number of carbonyl (C=O) groups is 1. The van der Waals surface area contributed by atoms with Crippen LogP contribution in [0, 0.1) is 11.7 Å². The molecule has 102 valence electrons. The molecule has 3 nitrogen and oxygen atoms in total. The topological polar surface area (TPSA) is 32.3 Å². The Balaban J connectivity index is 1.85. The zero-order valence-corrected chi connectivity index (χ0v) is 11.1. The zero-order valence-electron chi connectivity index (χ0n) is 11.1. The van der Waals surface area contributed by atoms with Gasteiger partial charge in [0.2, 0.25) is 5.91 Å². The first-order valence-corrected chi connectivity index (χ1v) is 6.98. The summed E-state index contributed by atoms with van der Waals surface area (Å²) in [6.07, 6.45) is 3.30. The van der Waals surface area contributed by atoms with Crippen LogP contribution in [0.1, 0.15) is 37.9 Å². The number of halogens is 1. The van der Waals surface area contributed by atoms with Crippen molar-refractivity contribution < 1.29 is 9.18 Å². The molecule has 1 aromatic carbocycles. The van der Waals surface area contributed by atoms with Gasteiger partial charge in [-0.15, -0.1) is 0 Å². The molecule has 2 aliphatic rings. The molecule has 1 saturated heterocycles. The Morgan fingerprint density at radius 1 is 1.37 bits per heavy atom. The standard InChI is InChI=1S/C15H19FN2O/c1-10-15(19)18(9-11-5-4-6-11)14(17-10)12-7-2-3-8-13(12)16/h2-3,7-8,10-11,14,17H,4-6,9H2,1H3. The first kappa shape index (κ1) is 12.6. The first-order chi connectivity index (χ1) is 9.16. The second kappa shape index (κ2) is 4.93. The molecule has 19 heavy (non-hydrogen) atoms. The molecule has 1 amide bonds.